The molecule has 0 unspecified atom stereocenters. The summed E-state index contributed by atoms with van der Waals surface area (Å²) in [6.07, 6.45) is 9.01. The molecule has 0 saturated heterocycles. The van der Waals surface area contributed by atoms with Crippen molar-refractivity contribution in [3.8, 4) is 17.1 Å². The highest BCUT2D eigenvalue weighted by Crippen LogP contribution is 2.43. The van der Waals surface area contributed by atoms with Crippen molar-refractivity contribution in [3.63, 3.8) is 0 Å². The van der Waals surface area contributed by atoms with E-state index in [4.69, 9.17) is 9.97 Å². The van der Waals surface area contributed by atoms with Crippen LogP contribution >= 0.6 is 0 Å². The van der Waals surface area contributed by atoms with E-state index in [2.05, 4.69) is 155 Å². The molecular weight excluding hydrogens is 609 g/mol. The second-order valence-corrected chi connectivity index (χ2v) is 13.3. The van der Waals surface area contributed by atoms with Crippen molar-refractivity contribution in [2.24, 2.45) is 0 Å². The SMILES string of the molecule is C1=CC(n2c3ccccc3c3ccc(-c4nc5ccccc5nc4-n4c5ccc6ccccc6c5c5c6ccccc6ccc54)cc32)=CCC1. The highest BCUT2D eigenvalue weighted by atomic mass is 15.1. The van der Waals surface area contributed by atoms with Gasteiger partial charge in [0.1, 0.15) is 5.69 Å². The summed E-state index contributed by atoms with van der Waals surface area (Å²) in [5.74, 6) is 0.827. The molecule has 0 fully saturated rings. The van der Waals surface area contributed by atoms with Crippen LogP contribution in [-0.2, 0) is 0 Å². The standard InChI is InChI=1S/C46H30N4/c1-2-14-32(15-3-1)49-39-21-11-8-18-35(39)36-25-22-31(28-42(36)49)45-46(48-38-20-10-9-19-37(38)47-45)50-40-26-23-29-12-4-6-16-33(29)43(40)44-34-17-7-5-13-30(34)24-27-41(44)50/h2,4-28H,1,3H2. The molecule has 0 saturated carbocycles. The minimum atomic E-state index is 0.827. The fourth-order valence-corrected chi connectivity index (χ4v) is 8.28. The van der Waals surface area contributed by atoms with E-state index in [-0.39, 0.29) is 0 Å². The highest BCUT2D eigenvalue weighted by Gasteiger charge is 2.23. The molecule has 0 N–H and O–H groups in total. The van der Waals surface area contributed by atoms with Crippen LogP contribution in [0, 0.1) is 0 Å². The molecule has 11 rings (SSSR count). The Morgan fingerprint density at radius 1 is 0.460 bits per heavy atom. The normalized spacial score (nSPS) is 13.5. The lowest BCUT2D eigenvalue weighted by molar-refractivity contribution is 1.02. The van der Waals surface area contributed by atoms with Crippen LogP contribution in [0.25, 0.3) is 99.0 Å². The Balaban J connectivity index is 1.28. The number of nitrogens with zero attached hydrogens (tertiary/aromatic N) is 4. The van der Waals surface area contributed by atoms with Gasteiger partial charge in [-0.2, -0.15) is 0 Å². The Morgan fingerprint density at radius 3 is 1.78 bits per heavy atom. The summed E-state index contributed by atoms with van der Waals surface area (Å²) in [4.78, 5) is 10.9. The zero-order chi connectivity index (χ0) is 32.8. The molecule has 0 aliphatic heterocycles. The Bertz CT molecular complexity index is 3010. The van der Waals surface area contributed by atoms with Crippen LogP contribution < -0.4 is 0 Å². The van der Waals surface area contributed by atoms with Gasteiger partial charge in [-0.05, 0) is 76.9 Å². The minimum absolute atomic E-state index is 0.827. The second kappa shape index (κ2) is 10.5. The molecule has 0 amide bonds. The van der Waals surface area contributed by atoms with E-state index in [0.717, 1.165) is 52.0 Å². The third-order valence-electron chi connectivity index (χ3n) is 10.5. The Hall–Kier alpha value is -6.52. The minimum Gasteiger partial charge on any atom is -0.310 e. The number of allylic oxidation sites excluding steroid dienone is 4. The summed E-state index contributed by atoms with van der Waals surface area (Å²) in [7, 11) is 0. The summed E-state index contributed by atoms with van der Waals surface area (Å²) < 4.78 is 4.77. The van der Waals surface area contributed by atoms with Crippen molar-refractivity contribution in [1.82, 2.24) is 19.1 Å². The molecule has 50 heavy (non-hydrogen) atoms. The van der Waals surface area contributed by atoms with Gasteiger partial charge in [0.25, 0.3) is 0 Å². The van der Waals surface area contributed by atoms with Crippen molar-refractivity contribution < 1.29 is 0 Å². The van der Waals surface area contributed by atoms with Gasteiger partial charge in [-0.1, -0.05) is 115 Å². The maximum absolute atomic E-state index is 5.46. The molecule has 0 spiro atoms. The Labute approximate surface area is 287 Å². The molecule has 234 valence electrons. The first-order valence-corrected chi connectivity index (χ1v) is 17.3. The summed E-state index contributed by atoms with van der Waals surface area (Å²) >= 11 is 0. The molecule has 4 heteroatoms. The van der Waals surface area contributed by atoms with E-state index >= 15 is 0 Å². The number of rotatable bonds is 3. The number of benzene rings is 7. The van der Waals surface area contributed by atoms with Gasteiger partial charge in [-0.15, -0.1) is 0 Å². The van der Waals surface area contributed by atoms with Gasteiger partial charge in [0.2, 0.25) is 0 Å². The summed E-state index contributed by atoms with van der Waals surface area (Å²) in [6.45, 7) is 0. The maximum Gasteiger partial charge on any atom is 0.165 e. The molecular formula is C46H30N4. The predicted octanol–water partition coefficient (Wildman–Crippen LogP) is 12.0. The van der Waals surface area contributed by atoms with E-state index in [1.54, 1.807) is 0 Å². The maximum atomic E-state index is 5.46. The second-order valence-electron chi connectivity index (χ2n) is 13.3. The molecule has 0 atom stereocenters. The summed E-state index contributed by atoms with van der Waals surface area (Å²) in [5, 5.41) is 9.88. The van der Waals surface area contributed by atoms with E-state index in [1.165, 1.54) is 59.8 Å². The van der Waals surface area contributed by atoms with Gasteiger partial charge >= 0.3 is 0 Å². The number of aromatic nitrogens is 4. The number of hydrogen-bond acceptors (Lipinski definition) is 2. The monoisotopic (exact) mass is 638 g/mol. The van der Waals surface area contributed by atoms with Crippen LogP contribution in [0.4, 0.5) is 0 Å². The van der Waals surface area contributed by atoms with E-state index < -0.39 is 0 Å². The fraction of sp³-hybridized carbons (Fsp3) is 0.0435. The molecule has 0 radical (unpaired) electrons. The lowest BCUT2D eigenvalue weighted by Crippen LogP contribution is -2.04. The highest BCUT2D eigenvalue weighted by molar-refractivity contribution is 6.28. The molecule has 4 nitrogen and oxygen atoms in total. The number of fused-ring (bicyclic) bond motifs is 11. The van der Waals surface area contributed by atoms with Crippen molar-refractivity contribution >= 4 is 81.9 Å². The van der Waals surface area contributed by atoms with Gasteiger partial charge in [0.05, 0.1) is 33.1 Å². The summed E-state index contributed by atoms with van der Waals surface area (Å²) in [5.41, 5.74) is 9.47. The van der Waals surface area contributed by atoms with Crippen molar-refractivity contribution in [2.75, 3.05) is 0 Å². The lowest BCUT2D eigenvalue weighted by atomic mass is 10.00. The van der Waals surface area contributed by atoms with E-state index in [0.29, 0.717) is 0 Å². The molecule has 10 aromatic rings. The zero-order valence-electron chi connectivity index (χ0n) is 27.2. The van der Waals surface area contributed by atoms with Crippen LogP contribution in [-0.4, -0.2) is 19.1 Å². The quantitative estimate of drug-likeness (QED) is 0.193. The molecule has 7 aromatic carbocycles. The van der Waals surface area contributed by atoms with Gasteiger partial charge in [0.15, 0.2) is 5.82 Å². The first kappa shape index (κ1) is 27.4. The predicted molar refractivity (Wildman–Crippen MR) is 210 cm³/mol. The van der Waals surface area contributed by atoms with Crippen LogP contribution in [0.15, 0.2) is 158 Å². The molecule has 3 aromatic heterocycles. The van der Waals surface area contributed by atoms with Crippen molar-refractivity contribution in [2.45, 2.75) is 12.8 Å². The molecule has 0 bridgehead atoms. The van der Waals surface area contributed by atoms with Gasteiger partial charge < -0.3 is 4.57 Å². The Kier molecular flexibility index (Phi) is 5.75. The van der Waals surface area contributed by atoms with E-state index in [9.17, 15) is 0 Å². The van der Waals surface area contributed by atoms with Crippen LogP contribution in [0.5, 0.6) is 0 Å². The smallest absolute Gasteiger partial charge is 0.165 e. The van der Waals surface area contributed by atoms with Gasteiger partial charge in [0, 0.05) is 32.8 Å². The third-order valence-corrected chi connectivity index (χ3v) is 10.5. The Morgan fingerprint density at radius 2 is 1.08 bits per heavy atom. The number of hydrogen-bond donors (Lipinski definition) is 0. The molecule has 1 aliphatic carbocycles. The molecule has 1 aliphatic rings. The van der Waals surface area contributed by atoms with Gasteiger partial charge in [-0.25, -0.2) is 9.97 Å². The first-order valence-electron chi connectivity index (χ1n) is 17.3. The summed E-state index contributed by atoms with van der Waals surface area (Å²) in [6, 6.07) is 50.2. The zero-order valence-corrected chi connectivity index (χ0v) is 27.2. The van der Waals surface area contributed by atoms with Crippen molar-refractivity contribution in [1.29, 1.82) is 0 Å². The fourth-order valence-electron chi connectivity index (χ4n) is 8.28. The molecule has 3 heterocycles. The van der Waals surface area contributed by atoms with Gasteiger partial charge in [-0.3, -0.25) is 4.57 Å². The number of para-hydroxylation sites is 3. The van der Waals surface area contributed by atoms with E-state index in [1.807, 2.05) is 12.1 Å². The van der Waals surface area contributed by atoms with Crippen LogP contribution in [0.2, 0.25) is 0 Å². The average molecular weight is 639 g/mol. The average Bonchev–Trinajstić information content (AvgIpc) is 3.71. The lowest BCUT2D eigenvalue weighted by Gasteiger charge is -2.15. The first-order chi connectivity index (χ1) is 24.8. The third kappa shape index (κ3) is 3.87. The largest absolute Gasteiger partial charge is 0.310 e. The van der Waals surface area contributed by atoms with Crippen LogP contribution in [0.3, 0.4) is 0 Å². The van der Waals surface area contributed by atoms with Crippen LogP contribution in [0.1, 0.15) is 12.8 Å². The van der Waals surface area contributed by atoms with Crippen molar-refractivity contribution in [3.05, 3.63) is 158 Å². The topological polar surface area (TPSA) is 35.6 Å².